The summed E-state index contributed by atoms with van der Waals surface area (Å²) in [6.07, 6.45) is 2.04. The van der Waals surface area contributed by atoms with E-state index in [4.69, 9.17) is 23.3 Å². The van der Waals surface area contributed by atoms with Crippen LogP contribution in [0.2, 0.25) is 0 Å². The van der Waals surface area contributed by atoms with Gasteiger partial charge in [0.15, 0.2) is 0 Å². The van der Waals surface area contributed by atoms with Gasteiger partial charge in [0.1, 0.15) is 11.3 Å². The first-order valence-electron chi connectivity index (χ1n) is 9.43. The Kier molecular flexibility index (Phi) is 8.01. The van der Waals surface area contributed by atoms with Crippen LogP contribution in [0.5, 0.6) is 5.75 Å². The lowest BCUT2D eigenvalue weighted by molar-refractivity contribution is -0.159. The lowest BCUT2D eigenvalue weighted by Gasteiger charge is -2.21. The number of aliphatic hydroxyl groups excluding tert-OH is 1. The minimum absolute atomic E-state index is 0.00577. The first-order chi connectivity index (χ1) is 14.0. The van der Waals surface area contributed by atoms with Gasteiger partial charge in [0.25, 0.3) is 0 Å². The van der Waals surface area contributed by atoms with Crippen molar-refractivity contribution in [3.8, 4) is 5.75 Å². The second-order valence-corrected chi connectivity index (χ2v) is 9.92. The van der Waals surface area contributed by atoms with E-state index in [2.05, 4.69) is 0 Å². The van der Waals surface area contributed by atoms with E-state index in [1.165, 1.54) is 12.1 Å². The van der Waals surface area contributed by atoms with Crippen LogP contribution in [-0.4, -0.2) is 30.6 Å². The Morgan fingerprint density at radius 2 is 1.93 bits per heavy atom. The van der Waals surface area contributed by atoms with Crippen molar-refractivity contribution in [1.82, 2.24) is 0 Å². The maximum Gasteiger partial charge on any atom is 0.382 e. The fraction of sp³-hybridized carbons (Fsp3) is 0.429. The molecule has 8 nitrogen and oxygen atoms in total. The van der Waals surface area contributed by atoms with Gasteiger partial charge in [-0.3, -0.25) is 9.32 Å². The molecule has 1 aromatic heterocycles. The first kappa shape index (κ1) is 23.9. The molecule has 0 aliphatic rings. The van der Waals surface area contributed by atoms with Gasteiger partial charge in [-0.25, -0.2) is 9.36 Å². The standard InChI is InChI=1S/C21H27O8P/c1-15(13-22)6-5-11-30(25,27-14-26-20(24)21(2,3)4)29-17-9-7-16-8-10-19(23)28-18(16)12-17/h6-10,12,22H,5,11,13-14H2,1-4H3/b15-6+. The van der Waals surface area contributed by atoms with E-state index in [0.717, 1.165) is 0 Å². The van der Waals surface area contributed by atoms with Crippen LogP contribution < -0.4 is 10.1 Å². The van der Waals surface area contributed by atoms with E-state index in [-0.39, 0.29) is 24.1 Å². The van der Waals surface area contributed by atoms with E-state index in [1.54, 1.807) is 52.0 Å². The molecule has 164 valence electrons. The van der Waals surface area contributed by atoms with Crippen LogP contribution in [-0.2, 0) is 18.6 Å². The number of hydrogen-bond acceptors (Lipinski definition) is 8. The molecule has 0 fully saturated rings. The number of rotatable bonds is 9. The van der Waals surface area contributed by atoms with Crippen molar-refractivity contribution in [1.29, 1.82) is 0 Å². The average molecular weight is 438 g/mol. The molecular formula is C21H27O8P. The zero-order chi connectivity index (χ0) is 22.4. The normalized spacial score (nSPS) is 14.4. The summed E-state index contributed by atoms with van der Waals surface area (Å²) in [6.45, 7) is 6.17. The average Bonchev–Trinajstić information content (AvgIpc) is 2.66. The minimum atomic E-state index is -3.73. The molecule has 0 saturated heterocycles. The van der Waals surface area contributed by atoms with Gasteiger partial charge >= 0.3 is 19.2 Å². The van der Waals surface area contributed by atoms with Crippen LogP contribution >= 0.6 is 7.60 Å². The van der Waals surface area contributed by atoms with Gasteiger partial charge in [0.05, 0.1) is 18.2 Å². The maximum absolute atomic E-state index is 13.3. The number of aliphatic hydroxyl groups is 1. The molecule has 0 amide bonds. The molecule has 30 heavy (non-hydrogen) atoms. The quantitative estimate of drug-likeness (QED) is 0.203. The highest BCUT2D eigenvalue weighted by Gasteiger charge is 2.29. The number of allylic oxidation sites excluding steroid dienone is 1. The van der Waals surface area contributed by atoms with Crippen LogP contribution in [0.3, 0.4) is 0 Å². The van der Waals surface area contributed by atoms with Gasteiger partial charge in [-0.15, -0.1) is 0 Å². The summed E-state index contributed by atoms with van der Waals surface area (Å²) < 4.78 is 34.4. The van der Waals surface area contributed by atoms with Gasteiger partial charge < -0.3 is 18.8 Å². The molecule has 0 radical (unpaired) electrons. The smallest absolute Gasteiger partial charge is 0.382 e. The van der Waals surface area contributed by atoms with Crippen LogP contribution in [0.15, 0.2) is 51.2 Å². The van der Waals surface area contributed by atoms with Gasteiger partial charge in [-0.05, 0) is 52.3 Å². The number of carbonyl (C=O) groups excluding carboxylic acids is 1. The third-order valence-electron chi connectivity index (χ3n) is 4.04. The van der Waals surface area contributed by atoms with E-state index in [0.29, 0.717) is 17.4 Å². The summed E-state index contributed by atoms with van der Waals surface area (Å²) >= 11 is 0. The van der Waals surface area contributed by atoms with Gasteiger partial charge in [-0.1, -0.05) is 11.6 Å². The molecule has 1 atom stereocenters. The van der Waals surface area contributed by atoms with Crippen molar-refractivity contribution in [3.63, 3.8) is 0 Å². The van der Waals surface area contributed by atoms with Crippen molar-refractivity contribution in [2.24, 2.45) is 5.41 Å². The van der Waals surface area contributed by atoms with Crippen LogP contribution in [0.25, 0.3) is 11.0 Å². The largest absolute Gasteiger partial charge is 0.438 e. The Morgan fingerprint density at radius 1 is 1.23 bits per heavy atom. The summed E-state index contributed by atoms with van der Waals surface area (Å²) in [4.78, 5) is 23.4. The Morgan fingerprint density at radius 3 is 2.60 bits per heavy atom. The molecule has 1 heterocycles. The number of esters is 1. The highest BCUT2D eigenvalue weighted by Crippen LogP contribution is 2.49. The van der Waals surface area contributed by atoms with Gasteiger partial charge in [-0.2, -0.15) is 0 Å². The number of fused-ring (bicyclic) bond motifs is 1. The molecule has 1 N–H and O–H groups in total. The number of hydrogen-bond donors (Lipinski definition) is 1. The number of ether oxygens (including phenoxy) is 1. The predicted molar refractivity (Wildman–Crippen MR) is 113 cm³/mol. The molecule has 1 aromatic carbocycles. The van der Waals surface area contributed by atoms with Crippen molar-refractivity contribution < 1.29 is 32.7 Å². The lowest BCUT2D eigenvalue weighted by Crippen LogP contribution is -2.24. The number of carbonyl (C=O) groups is 1. The van der Waals surface area contributed by atoms with Gasteiger partial charge in [0, 0.05) is 17.5 Å². The summed E-state index contributed by atoms with van der Waals surface area (Å²) in [5.74, 6) is -0.317. The fourth-order valence-electron chi connectivity index (χ4n) is 2.31. The highest BCUT2D eigenvalue weighted by molar-refractivity contribution is 7.54. The zero-order valence-electron chi connectivity index (χ0n) is 17.5. The van der Waals surface area contributed by atoms with Crippen molar-refractivity contribution >= 4 is 24.5 Å². The molecule has 0 saturated carbocycles. The van der Waals surface area contributed by atoms with Gasteiger partial charge in [0.2, 0.25) is 6.79 Å². The molecule has 2 aromatic rings. The summed E-state index contributed by atoms with van der Waals surface area (Å²) in [5, 5.41) is 9.79. The highest BCUT2D eigenvalue weighted by atomic mass is 31.2. The monoisotopic (exact) mass is 438 g/mol. The Balaban J connectivity index is 2.18. The molecule has 0 aliphatic heterocycles. The Hall–Kier alpha value is -2.41. The SMILES string of the molecule is C/C(=C\CCP(=O)(OCOC(=O)C(C)(C)C)Oc1ccc2ccc(=O)oc2c1)CO. The minimum Gasteiger partial charge on any atom is -0.438 e. The van der Waals surface area contributed by atoms with Crippen LogP contribution in [0.1, 0.15) is 34.1 Å². The lowest BCUT2D eigenvalue weighted by atomic mass is 9.98. The summed E-state index contributed by atoms with van der Waals surface area (Å²) in [6, 6.07) is 7.59. The molecule has 0 spiro atoms. The maximum atomic E-state index is 13.3. The van der Waals surface area contributed by atoms with Crippen molar-refractivity contribution in [2.45, 2.75) is 34.1 Å². The molecule has 9 heteroatoms. The van der Waals surface area contributed by atoms with E-state index in [9.17, 15) is 14.2 Å². The number of benzene rings is 1. The third-order valence-corrected chi connectivity index (χ3v) is 5.83. The summed E-state index contributed by atoms with van der Waals surface area (Å²) in [5.41, 5.74) is -0.252. The molecule has 2 rings (SSSR count). The van der Waals surface area contributed by atoms with Crippen LogP contribution in [0, 0.1) is 5.41 Å². The zero-order valence-corrected chi connectivity index (χ0v) is 18.4. The summed E-state index contributed by atoms with van der Waals surface area (Å²) in [7, 11) is -3.73. The fourth-order valence-corrected chi connectivity index (χ4v) is 3.67. The first-order valence-corrected chi connectivity index (χ1v) is 11.2. The van der Waals surface area contributed by atoms with Crippen molar-refractivity contribution in [3.05, 3.63) is 52.4 Å². The predicted octanol–water partition coefficient (Wildman–Crippen LogP) is 4.26. The van der Waals surface area contributed by atoms with Crippen LogP contribution in [0.4, 0.5) is 0 Å². The van der Waals surface area contributed by atoms with E-state index >= 15 is 0 Å². The molecular weight excluding hydrogens is 411 g/mol. The molecule has 1 unspecified atom stereocenters. The van der Waals surface area contributed by atoms with E-state index < -0.39 is 31.4 Å². The Bertz CT molecular complexity index is 1020. The molecule has 0 aliphatic carbocycles. The Labute approximate surface area is 175 Å². The third kappa shape index (κ3) is 7.13. The topological polar surface area (TPSA) is 112 Å². The molecule has 0 bridgehead atoms. The second kappa shape index (κ2) is 10.1. The second-order valence-electron chi connectivity index (χ2n) is 7.81. The van der Waals surface area contributed by atoms with E-state index in [1.807, 2.05) is 0 Å². The van der Waals surface area contributed by atoms with Crippen molar-refractivity contribution in [2.75, 3.05) is 19.6 Å².